The zero-order chi connectivity index (χ0) is 12.1. The van der Waals surface area contributed by atoms with Gasteiger partial charge in [-0.15, -0.1) is 0 Å². The average Bonchev–Trinajstić information content (AvgIpc) is 2.74. The zero-order valence-electron chi connectivity index (χ0n) is 11.4. The molecule has 0 aliphatic carbocycles. The lowest BCUT2D eigenvalue weighted by molar-refractivity contribution is 0.333. The van der Waals surface area contributed by atoms with Crippen LogP contribution in [0.5, 0.6) is 0 Å². The fourth-order valence-electron chi connectivity index (χ4n) is 2.49. The molecule has 0 aliphatic heterocycles. The molecule has 0 aliphatic rings. The van der Waals surface area contributed by atoms with Gasteiger partial charge in [0.15, 0.2) is 0 Å². The lowest BCUT2D eigenvalue weighted by Crippen LogP contribution is -2.10. The zero-order valence-corrected chi connectivity index (χ0v) is 11.4. The van der Waals surface area contributed by atoms with Crippen LogP contribution in [-0.4, -0.2) is 0 Å². The molecule has 0 saturated carbocycles. The van der Waals surface area contributed by atoms with Crippen molar-refractivity contribution in [3.63, 3.8) is 0 Å². The van der Waals surface area contributed by atoms with Gasteiger partial charge in [-0.1, -0.05) is 47.5 Å². The van der Waals surface area contributed by atoms with Crippen molar-refractivity contribution in [2.75, 3.05) is 0 Å². The van der Waals surface area contributed by atoms with Crippen LogP contribution in [0.3, 0.4) is 0 Å². The van der Waals surface area contributed by atoms with E-state index in [2.05, 4.69) is 40.7 Å². The molecular weight excluding hydrogens is 196 g/mol. The molecule has 0 saturated heterocycles. The van der Waals surface area contributed by atoms with Crippen molar-refractivity contribution >= 4 is 0 Å². The van der Waals surface area contributed by atoms with Crippen LogP contribution in [-0.2, 0) is 0 Å². The predicted octanol–water partition coefficient (Wildman–Crippen LogP) is 5.33. The van der Waals surface area contributed by atoms with Gasteiger partial charge < -0.3 is 4.42 Å². The molecule has 0 N–H and O–H groups in total. The summed E-state index contributed by atoms with van der Waals surface area (Å²) in [6, 6.07) is 2.26. The molecule has 0 amide bonds. The third-order valence-corrected chi connectivity index (χ3v) is 3.73. The van der Waals surface area contributed by atoms with E-state index in [4.69, 9.17) is 4.42 Å². The van der Waals surface area contributed by atoms with Gasteiger partial charge in [-0.25, -0.2) is 0 Å². The topological polar surface area (TPSA) is 13.1 Å². The van der Waals surface area contributed by atoms with E-state index in [0.29, 0.717) is 11.8 Å². The van der Waals surface area contributed by atoms with Crippen LogP contribution in [0.1, 0.15) is 77.0 Å². The number of hydrogen-bond donors (Lipinski definition) is 0. The van der Waals surface area contributed by atoms with Crippen molar-refractivity contribution in [2.24, 2.45) is 5.92 Å². The summed E-state index contributed by atoms with van der Waals surface area (Å²) in [7, 11) is 0. The Labute approximate surface area is 100 Å². The minimum atomic E-state index is 0.566. The first-order valence-electron chi connectivity index (χ1n) is 6.72. The van der Waals surface area contributed by atoms with E-state index in [9.17, 15) is 0 Å². The molecule has 1 aromatic rings. The Hall–Kier alpha value is -0.720. The van der Waals surface area contributed by atoms with Gasteiger partial charge in [-0.2, -0.15) is 0 Å². The van der Waals surface area contributed by atoms with Gasteiger partial charge in [-0.3, -0.25) is 0 Å². The average molecular weight is 222 g/mol. The van der Waals surface area contributed by atoms with Crippen LogP contribution in [0.2, 0.25) is 0 Å². The van der Waals surface area contributed by atoms with Crippen LogP contribution in [0, 0.1) is 5.92 Å². The lowest BCUT2D eigenvalue weighted by Gasteiger charge is -2.21. The fraction of sp³-hybridized carbons (Fsp3) is 0.733. The van der Waals surface area contributed by atoms with Gasteiger partial charge in [0.1, 0.15) is 5.76 Å². The monoisotopic (exact) mass is 222 g/mol. The summed E-state index contributed by atoms with van der Waals surface area (Å²) in [4.78, 5) is 0. The SMILES string of the molecule is CCC(CC)[C@H](CC)c1cc(C(C)C)co1. The lowest BCUT2D eigenvalue weighted by atomic mass is 9.84. The maximum atomic E-state index is 5.76. The smallest absolute Gasteiger partial charge is 0.107 e. The highest BCUT2D eigenvalue weighted by Crippen LogP contribution is 2.34. The Morgan fingerprint density at radius 2 is 1.69 bits per heavy atom. The van der Waals surface area contributed by atoms with Gasteiger partial charge in [0.25, 0.3) is 0 Å². The van der Waals surface area contributed by atoms with E-state index < -0.39 is 0 Å². The first kappa shape index (κ1) is 13.3. The Balaban J connectivity index is 2.85. The summed E-state index contributed by atoms with van der Waals surface area (Å²) >= 11 is 0. The number of rotatable bonds is 6. The molecule has 1 nitrogen and oxygen atoms in total. The van der Waals surface area contributed by atoms with Gasteiger partial charge >= 0.3 is 0 Å². The Kier molecular flexibility index (Phi) is 5.11. The second kappa shape index (κ2) is 6.12. The predicted molar refractivity (Wildman–Crippen MR) is 69.9 cm³/mol. The van der Waals surface area contributed by atoms with Crippen molar-refractivity contribution in [3.05, 3.63) is 23.7 Å². The van der Waals surface area contributed by atoms with Gasteiger partial charge in [0, 0.05) is 5.92 Å². The molecule has 1 atom stereocenters. The highest BCUT2D eigenvalue weighted by molar-refractivity contribution is 5.19. The van der Waals surface area contributed by atoms with Crippen LogP contribution in [0.15, 0.2) is 16.7 Å². The molecule has 1 rings (SSSR count). The summed E-state index contributed by atoms with van der Waals surface area (Å²) in [6.07, 6.45) is 5.60. The van der Waals surface area contributed by atoms with Crippen LogP contribution in [0.4, 0.5) is 0 Å². The van der Waals surface area contributed by atoms with E-state index in [-0.39, 0.29) is 0 Å². The van der Waals surface area contributed by atoms with E-state index in [1.54, 1.807) is 0 Å². The van der Waals surface area contributed by atoms with Gasteiger partial charge in [0.05, 0.1) is 6.26 Å². The van der Waals surface area contributed by atoms with E-state index in [0.717, 1.165) is 5.92 Å². The third kappa shape index (κ3) is 2.90. The summed E-state index contributed by atoms with van der Waals surface area (Å²) in [5.41, 5.74) is 1.33. The molecule has 0 bridgehead atoms. The van der Waals surface area contributed by atoms with Crippen LogP contribution >= 0.6 is 0 Å². The minimum absolute atomic E-state index is 0.566. The quantitative estimate of drug-likeness (QED) is 0.633. The van der Waals surface area contributed by atoms with Gasteiger partial charge in [0.2, 0.25) is 0 Å². The van der Waals surface area contributed by atoms with E-state index in [1.165, 1.54) is 30.6 Å². The largest absolute Gasteiger partial charge is 0.469 e. The molecule has 16 heavy (non-hydrogen) atoms. The first-order valence-corrected chi connectivity index (χ1v) is 6.72. The summed E-state index contributed by atoms with van der Waals surface area (Å²) in [5, 5.41) is 0. The van der Waals surface area contributed by atoms with E-state index in [1.807, 2.05) is 6.26 Å². The molecule has 0 spiro atoms. The highest BCUT2D eigenvalue weighted by Gasteiger charge is 2.22. The Morgan fingerprint density at radius 1 is 1.06 bits per heavy atom. The van der Waals surface area contributed by atoms with Crippen molar-refractivity contribution in [1.29, 1.82) is 0 Å². The van der Waals surface area contributed by atoms with Crippen molar-refractivity contribution < 1.29 is 4.42 Å². The molecule has 0 aromatic carbocycles. The maximum Gasteiger partial charge on any atom is 0.107 e. The van der Waals surface area contributed by atoms with Crippen LogP contribution in [0.25, 0.3) is 0 Å². The molecule has 92 valence electrons. The van der Waals surface area contributed by atoms with Gasteiger partial charge in [-0.05, 0) is 29.9 Å². The van der Waals surface area contributed by atoms with Crippen molar-refractivity contribution in [3.8, 4) is 0 Å². The molecule has 0 radical (unpaired) electrons. The minimum Gasteiger partial charge on any atom is -0.469 e. The fourth-order valence-corrected chi connectivity index (χ4v) is 2.49. The Bertz CT molecular complexity index is 294. The summed E-state index contributed by atoms with van der Waals surface area (Å²) in [6.45, 7) is 11.3. The molecule has 0 unspecified atom stereocenters. The van der Waals surface area contributed by atoms with Crippen molar-refractivity contribution in [1.82, 2.24) is 0 Å². The summed E-state index contributed by atoms with van der Waals surface area (Å²) in [5.74, 6) is 3.12. The molecular formula is C15H26O. The molecule has 1 heteroatoms. The third-order valence-electron chi connectivity index (χ3n) is 3.73. The standard InChI is InChI=1S/C15H26O/c1-6-12(7-2)14(8-3)15-9-13(10-16-15)11(4)5/h9-12,14H,6-8H2,1-5H3/t14-/m0/s1. The number of hydrogen-bond acceptors (Lipinski definition) is 1. The summed E-state index contributed by atoms with van der Waals surface area (Å²) < 4.78 is 5.76. The molecule has 1 aromatic heterocycles. The second-order valence-electron chi connectivity index (χ2n) is 5.03. The van der Waals surface area contributed by atoms with E-state index >= 15 is 0 Å². The normalized spacial score (nSPS) is 13.7. The first-order chi connectivity index (χ1) is 7.63. The highest BCUT2D eigenvalue weighted by atomic mass is 16.3. The second-order valence-corrected chi connectivity index (χ2v) is 5.03. The van der Waals surface area contributed by atoms with Crippen LogP contribution < -0.4 is 0 Å². The van der Waals surface area contributed by atoms with Crippen molar-refractivity contribution in [2.45, 2.75) is 65.7 Å². The number of furan rings is 1. The Morgan fingerprint density at radius 3 is 2.06 bits per heavy atom. The molecule has 1 heterocycles. The maximum absolute atomic E-state index is 5.76. The molecule has 0 fully saturated rings.